The standard InChI is InChI=1S/C23H24O8/c24-20(30-18-12-8-16(9-13-18)22(26)27)6-4-2-1-3-5-7-21(25)31-19-14-10-17(11-15-19)23(28)29/h8-15H,1-7H2,(H,26,27)(H,28,29). The molecule has 0 atom stereocenters. The molecule has 0 heterocycles. The monoisotopic (exact) mass is 428 g/mol. The number of esters is 2. The highest BCUT2D eigenvalue weighted by molar-refractivity contribution is 5.88. The van der Waals surface area contributed by atoms with Crippen LogP contribution in [0.5, 0.6) is 11.5 Å². The molecule has 2 aromatic rings. The zero-order valence-corrected chi connectivity index (χ0v) is 16.9. The van der Waals surface area contributed by atoms with Crippen molar-refractivity contribution in [3.05, 3.63) is 59.7 Å². The van der Waals surface area contributed by atoms with Crippen molar-refractivity contribution in [3.8, 4) is 11.5 Å². The highest BCUT2D eigenvalue weighted by Gasteiger charge is 2.08. The van der Waals surface area contributed by atoms with Gasteiger partial charge in [0.1, 0.15) is 11.5 Å². The van der Waals surface area contributed by atoms with Crippen LogP contribution in [-0.2, 0) is 9.59 Å². The van der Waals surface area contributed by atoms with Crippen molar-refractivity contribution in [2.24, 2.45) is 0 Å². The first-order valence-corrected chi connectivity index (χ1v) is 9.93. The molecule has 0 aromatic heterocycles. The summed E-state index contributed by atoms with van der Waals surface area (Å²) in [7, 11) is 0. The molecule has 0 aliphatic carbocycles. The average molecular weight is 428 g/mol. The van der Waals surface area contributed by atoms with Gasteiger partial charge in [-0.15, -0.1) is 0 Å². The molecule has 0 fully saturated rings. The Morgan fingerprint density at radius 3 is 1.19 bits per heavy atom. The average Bonchev–Trinajstić information content (AvgIpc) is 2.73. The molecule has 0 aliphatic rings. The molecule has 0 amide bonds. The van der Waals surface area contributed by atoms with Crippen LogP contribution in [-0.4, -0.2) is 34.1 Å². The molecule has 0 bridgehead atoms. The lowest BCUT2D eigenvalue weighted by atomic mass is 10.1. The van der Waals surface area contributed by atoms with E-state index in [2.05, 4.69) is 0 Å². The molecular formula is C23H24O8. The highest BCUT2D eigenvalue weighted by atomic mass is 16.5. The van der Waals surface area contributed by atoms with E-state index >= 15 is 0 Å². The van der Waals surface area contributed by atoms with Crippen LogP contribution in [0.4, 0.5) is 0 Å². The summed E-state index contributed by atoms with van der Waals surface area (Å²) in [6, 6.07) is 11.3. The predicted molar refractivity (Wildman–Crippen MR) is 110 cm³/mol. The van der Waals surface area contributed by atoms with Gasteiger partial charge in [0, 0.05) is 12.8 Å². The Morgan fingerprint density at radius 2 is 0.871 bits per heavy atom. The summed E-state index contributed by atoms with van der Waals surface area (Å²) in [4.78, 5) is 45.2. The molecule has 0 aliphatic heterocycles. The molecule has 0 unspecified atom stereocenters. The van der Waals surface area contributed by atoms with Gasteiger partial charge in [-0.2, -0.15) is 0 Å². The van der Waals surface area contributed by atoms with E-state index < -0.39 is 11.9 Å². The quantitative estimate of drug-likeness (QED) is 0.291. The maximum Gasteiger partial charge on any atom is 0.335 e. The topological polar surface area (TPSA) is 127 Å². The number of aromatic carboxylic acids is 2. The summed E-state index contributed by atoms with van der Waals surface area (Å²) in [5.41, 5.74) is 0.250. The van der Waals surface area contributed by atoms with Crippen molar-refractivity contribution in [3.63, 3.8) is 0 Å². The summed E-state index contributed by atoms with van der Waals surface area (Å²) in [6.07, 6.45) is 4.33. The molecule has 8 nitrogen and oxygen atoms in total. The first-order valence-electron chi connectivity index (χ1n) is 9.93. The number of carbonyl (C=O) groups is 4. The van der Waals surface area contributed by atoms with Crippen LogP contribution in [0, 0.1) is 0 Å². The first-order chi connectivity index (χ1) is 14.8. The Bertz CT molecular complexity index is 825. The normalized spacial score (nSPS) is 10.3. The Kier molecular flexibility index (Phi) is 9.22. The number of hydrogen-bond donors (Lipinski definition) is 2. The van der Waals surface area contributed by atoms with Gasteiger partial charge in [-0.3, -0.25) is 9.59 Å². The molecule has 8 heteroatoms. The van der Waals surface area contributed by atoms with E-state index in [1.165, 1.54) is 48.5 Å². The largest absolute Gasteiger partial charge is 0.478 e. The minimum atomic E-state index is -1.04. The fraction of sp³-hybridized carbons (Fsp3) is 0.304. The Hall–Kier alpha value is -3.68. The summed E-state index contributed by atoms with van der Waals surface area (Å²) in [5.74, 6) is -2.21. The zero-order valence-electron chi connectivity index (χ0n) is 16.9. The lowest BCUT2D eigenvalue weighted by Crippen LogP contribution is -2.08. The van der Waals surface area contributed by atoms with Crippen LogP contribution < -0.4 is 9.47 Å². The van der Waals surface area contributed by atoms with Gasteiger partial charge in [-0.25, -0.2) is 9.59 Å². The van der Waals surface area contributed by atoms with Crippen LogP contribution in [0.25, 0.3) is 0 Å². The van der Waals surface area contributed by atoms with Crippen LogP contribution in [0.2, 0.25) is 0 Å². The van der Waals surface area contributed by atoms with Gasteiger partial charge < -0.3 is 19.7 Å². The Morgan fingerprint density at radius 1 is 0.548 bits per heavy atom. The third kappa shape index (κ3) is 8.69. The van der Waals surface area contributed by atoms with E-state index in [1.54, 1.807) is 0 Å². The van der Waals surface area contributed by atoms with Crippen LogP contribution in [0.15, 0.2) is 48.5 Å². The minimum Gasteiger partial charge on any atom is -0.478 e. The summed E-state index contributed by atoms with van der Waals surface area (Å²) in [6.45, 7) is 0. The smallest absolute Gasteiger partial charge is 0.335 e. The van der Waals surface area contributed by atoms with Gasteiger partial charge in [0.05, 0.1) is 11.1 Å². The van der Waals surface area contributed by atoms with Crippen LogP contribution in [0.3, 0.4) is 0 Å². The fourth-order valence-corrected chi connectivity index (χ4v) is 2.77. The van der Waals surface area contributed by atoms with E-state index in [9.17, 15) is 19.2 Å². The SMILES string of the molecule is O=C(CCCCCCCC(=O)Oc1ccc(C(=O)O)cc1)Oc1ccc(C(=O)O)cc1. The van der Waals surface area contributed by atoms with Gasteiger partial charge in [0.15, 0.2) is 0 Å². The first kappa shape index (κ1) is 23.6. The molecule has 31 heavy (non-hydrogen) atoms. The molecule has 164 valence electrons. The predicted octanol–water partition coefficient (Wildman–Crippen LogP) is 4.32. The Balaban J connectivity index is 1.53. The second-order valence-corrected chi connectivity index (χ2v) is 6.87. The second kappa shape index (κ2) is 12.1. The summed E-state index contributed by atoms with van der Waals surface area (Å²) >= 11 is 0. The highest BCUT2D eigenvalue weighted by Crippen LogP contribution is 2.16. The number of carboxylic acids is 2. The molecule has 2 N–H and O–H groups in total. The van der Waals surface area contributed by atoms with Gasteiger partial charge in [-0.05, 0) is 61.4 Å². The number of hydrogen-bond acceptors (Lipinski definition) is 6. The maximum atomic E-state index is 11.8. The number of ether oxygens (including phenoxy) is 2. The van der Waals surface area contributed by atoms with Gasteiger partial charge in [0.2, 0.25) is 0 Å². The molecule has 0 saturated heterocycles. The van der Waals surface area contributed by atoms with Gasteiger partial charge >= 0.3 is 23.9 Å². The van der Waals surface area contributed by atoms with E-state index in [0.717, 1.165) is 19.3 Å². The van der Waals surface area contributed by atoms with Gasteiger partial charge in [0.25, 0.3) is 0 Å². The van der Waals surface area contributed by atoms with Crippen molar-refractivity contribution in [1.82, 2.24) is 0 Å². The van der Waals surface area contributed by atoms with E-state index in [0.29, 0.717) is 24.3 Å². The van der Waals surface area contributed by atoms with Crippen LogP contribution >= 0.6 is 0 Å². The number of benzene rings is 2. The summed E-state index contributed by atoms with van der Waals surface area (Å²) in [5, 5.41) is 17.7. The molecule has 0 radical (unpaired) electrons. The van der Waals surface area contributed by atoms with Crippen molar-refractivity contribution >= 4 is 23.9 Å². The van der Waals surface area contributed by atoms with E-state index in [1.807, 2.05) is 0 Å². The lowest BCUT2D eigenvalue weighted by molar-refractivity contribution is -0.135. The van der Waals surface area contributed by atoms with Crippen molar-refractivity contribution in [2.75, 3.05) is 0 Å². The van der Waals surface area contributed by atoms with Crippen molar-refractivity contribution in [1.29, 1.82) is 0 Å². The zero-order chi connectivity index (χ0) is 22.6. The maximum absolute atomic E-state index is 11.8. The second-order valence-electron chi connectivity index (χ2n) is 6.87. The third-order valence-electron chi connectivity index (χ3n) is 4.43. The van der Waals surface area contributed by atoms with Crippen LogP contribution in [0.1, 0.15) is 65.7 Å². The molecule has 0 spiro atoms. The molecule has 2 aromatic carbocycles. The van der Waals surface area contributed by atoms with Crippen molar-refractivity contribution < 1.29 is 38.9 Å². The lowest BCUT2D eigenvalue weighted by Gasteiger charge is -2.06. The van der Waals surface area contributed by atoms with E-state index in [-0.39, 0.29) is 35.9 Å². The molecular weight excluding hydrogens is 404 g/mol. The number of rotatable bonds is 12. The number of unbranched alkanes of at least 4 members (excludes halogenated alkanes) is 4. The fourth-order valence-electron chi connectivity index (χ4n) is 2.77. The molecule has 0 saturated carbocycles. The summed E-state index contributed by atoms with van der Waals surface area (Å²) < 4.78 is 10.3. The minimum absolute atomic E-state index is 0.125. The van der Waals surface area contributed by atoms with Crippen molar-refractivity contribution in [2.45, 2.75) is 44.9 Å². The number of carboxylic acid groups (broad SMARTS) is 2. The van der Waals surface area contributed by atoms with Gasteiger partial charge in [-0.1, -0.05) is 19.3 Å². The van der Waals surface area contributed by atoms with E-state index in [4.69, 9.17) is 19.7 Å². The number of carbonyl (C=O) groups excluding carboxylic acids is 2. The third-order valence-corrected chi connectivity index (χ3v) is 4.43. The molecule has 2 rings (SSSR count). The Labute approximate surface area is 179 Å².